The molecule has 0 saturated heterocycles. The number of nitrogens with one attached hydrogen (secondary N) is 1. The van der Waals surface area contributed by atoms with E-state index in [-0.39, 0.29) is 17.9 Å². The third-order valence-electron chi connectivity index (χ3n) is 3.49. The Labute approximate surface area is 131 Å². The van der Waals surface area contributed by atoms with Crippen LogP contribution in [0.1, 0.15) is 56.6 Å². The second-order valence-corrected chi connectivity index (χ2v) is 6.70. The molecule has 5 heteroatoms. The number of aliphatic hydroxyl groups is 1. The number of amides is 1. The average molecular weight is 313 g/mol. The van der Waals surface area contributed by atoms with E-state index in [9.17, 15) is 4.79 Å². The maximum absolute atomic E-state index is 12.2. The van der Waals surface area contributed by atoms with Crippen molar-refractivity contribution in [2.75, 3.05) is 13.2 Å². The summed E-state index contributed by atoms with van der Waals surface area (Å²) in [5.74, 6) is 0.138. The Hall–Kier alpha value is -1.13. The van der Waals surface area contributed by atoms with Crippen molar-refractivity contribution in [1.29, 1.82) is 0 Å². The normalized spacial score (nSPS) is 13.0. The fraction of sp³-hybridized carbons (Fsp3) is 0.625. The fourth-order valence-electron chi connectivity index (χ4n) is 1.98. The van der Waals surface area contributed by atoms with Gasteiger partial charge in [0.1, 0.15) is 5.15 Å². The Morgan fingerprint density at radius 2 is 2.10 bits per heavy atom. The van der Waals surface area contributed by atoms with Gasteiger partial charge >= 0.3 is 0 Å². The number of hydrogen-bond donors (Lipinski definition) is 2. The van der Waals surface area contributed by atoms with Gasteiger partial charge in [0.05, 0.1) is 0 Å². The summed E-state index contributed by atoms with van der Waals surface area (Å²) in [4.78, 5) is 16.5. The van der Waals surface area contributed by atoms with Gasteiger partial charge < -0.3 is 10.4 Å². The van der Waals surface area contributed by atoms with Gasteiger partial charge in [0.25, 0.3) is 5.91 Å². The number of aliphatic hydroxyl groups excluding tert-OH is 1. The molecule has 21 heavy (non-hydrogen) atoms. The molecule has 0 aliphatic rings. The van der Waals surface area contributed by atoms with Crippen molar-refractivity contribution in [2.45, 2.75) is 46.0 Å². The second-order valence-electron chi connectivity index (χ2n) is 6.31. The van der Waals surface area contributed by atoms with Crippen LogP contribution in [0.5, 0.6) is 0 Å². The first-order valence-electron chi connectivity index (χ1n) is 7.35. The minimum atomic E-state index is -0.164. The molecule has 118 valence electrons. The Morgan fingerprint density at radius 3 is 2.62 bits per heavy atom. The lowest BCUT2D eigenvalue weighted by Crippen LogP contribution is -2.30. The largest absolute Gasteiger partial charge is 0.396 e. The minimum Gasteiger partial charge on any atom is -0.396 e. The van der Waals surface area contributed by atoms with Crippen LogP contribution in [0.15, 0.2) is 12.1 Å². The molecular weight excluding hydrogens is 288 g/mol. The number of pyridine rings is 1. The summed E-state index contributed by atoms with van der Waals surface area (Å²) in [6, 6.07) is 3.37. The number of carbonyl (C=O) groups excluding carboxylic acids is 1. The lowest BCUT2D eigenvalue weighted by atomic mass is 9.91. The Morgan fingerprint density at radius 1 is 1.43 bits per heavy atom. The zero-order valence-corrected chi connectivity index (χ0v) is 14.0. The predicted octanol–water partition coefficient (Wildman–Crippen LogP) is 3.17. The Balaban J connectivity index is 2.81. The maximum Gasteiger partial charge on any atom is 0.251 e. The maximum atomic E-state index is 12.2. The molecular formula is C16H25ClN2O2. The van der Waals surface area contributed by atoms with Crippen molar-refractivity contribution >= 4 is 17.5 Å². The van der Waals surface area contributed by atoms with Crippen LogP contribution in [0, 0.1) is 5.92 Å². The molecule has 1 aromatic heterocycles. The quantitative estimate of drug-likeness (QED) is 0.793. The summed E-state index contributed by atoms with van der Waals surface area (Å²) in [5.41, 5.74) is 1.16. The number of hydrogen-bond acceptors (Lipinski definition) is 3. The molecule has 0 bridgehead atoms. The van der Waals surface area contributed by atoms with Crippen molar-refractivity contribution in [1.82, 2.24) is 10.3 Å². The molecule has 1 atom stereocenters. The molecule has 0 spiro atoms. The van der Waals surface area contributed by atoms with E-state index in [1.54, 1.807) is 12.1 Å². The first-order chi connectivity index (χ1) is 9.77. The van der Waals surface area contributed by atoms with Crippen LogP contribution in [0.3, 0.4) is 0 Å². The molecule has 0 aliphatic heterocycles. The summed E-state index contributed by atoms with van der Waals surface area (Å²) in [7, 11) is 0. The average Bonchev–Trinajstić information content (AvgIpc) is 2.41. The molecule has 0 saturated carbocycles. The topological polar surface area (TPSA) is 62.2 Å². The van der Waals surface area contributed by atoms with Crippen molar-refractivity contribution < 1.29 is 9.90 Å². The van der Waals surface area contributed by atoms with Gasteiger partial charge in [-0.25, -0.2) is 4.98 Å². The Bertz CT molecular complexity index is 484. The second kappa shape index (κ2) is 7.76. The van der Waals surface area contributed by atoms with Crippen molar-refractivity contribution in [3.8, 4) is 0 Å². The molecule has 0 aliphatic carbocycles. The first kappa shape index (κ1) is 17.9. The van der Waals surface area contributed by atoms with E-state index in [1.165, 1.54) is 0 Å². The van der Waals surface area contributed by atoms with E-state index >= 15 is 0 Å². The van der Waals surface area contributed by atoms with E-state index in [0.29, 0.717) is 29.6 Å². The molecule has 2 N–H and O–H groups in total. The van der Waals surface area contributed by atoms with Crippen molar-refractivity contribution in [3.05, 3.63) is 28.5 Å². The summed E-state index contributed by atoms with van der Waals surface area (Å²) in [6.45, 7) is 8.84. The van der Waals surface area contributed by atoms with Gasteiger partial charge in [-0.1, -0.05) is 45.7 Å². The molecule has 1 unspecified atom stereocenters. The van der Waals surface area contributed by atoms with E-state index in [4.69, 9.17) is 16.7 Å². The van der Waals surface area contributed by atoms with Gasteiger partial charge in [-0.3, -0.25) is 4.79 Å². The highest BCUT2D eigenvalue weighted by Gasteiger charge is 2.19. The number of nitrogens with zero attached hydrogens (tertiary/aromatic N) is 1. The molecule has 1 rings (SSSR count). The number of halogens is 1. The highest BCUT2D eigenvalue weighted by molar-refractivity contribution is 6.29. The molecule has 0 aromatic carbocycles. The van der Waals surface area contributed by atoms with Crippen LogP contribution < -0.4 is 5.32 Å². The Kier molecular flexibility index (Phi) is 6.62. The molecule has 1 aromatic rings. The zero-order valence-electron chi connectivity index (χ0n) is 13.2. The summed E-state index contributed by atoms with van der Waals surface area (Å²) in [6.07, 6.45) is 1.62. The molecule has 1 amide bonds. The van der Waals surface area contributed by atoms with Gasteiger partial charge in [-0.05, 0) is 24.5 Å². The minimum absolute atomic E-state index is 0.142. The third kappa shape index (κ3) is 5.64. The number of rotatable bonds is 6. The molecule has 0 radical (unpaired) electrons. The third-order valence-corrected chi connectivity index (χ3v) is 3.68. The van der Waals surface area contributed by atoms with Crippen LogP contribution in [-0.2, 0) is 5.41 Å². The molecule has 1 heterocycles. The monoisotopic (exact) mass is 312 g/mol. The van der Waals surface area contributed by atoms with Crippen LogP contribution in [-0.4, -0.2) is 29.1 Å². The van der Waals surface area contributed by atoms with Crippen LogP contribution >= 0.6 is 11.6 Å². The molecule has 4 nitrogen and oxygen atoms in total. The van der Waals surface area contributed by atoms with E-state index in [0.717, 1.165) is 12.1 Å². The van der Waals surface area contributed by atoms with E-state index in [1.807, 2.05) is 27.7 Å². The van der Waals surface area contributed by atoms with Gasteiger partial charge in [0.15, 0.2) is 0 Å². The lowest BCUT2D eigenvalue weighted by molar-refractivity contribution is 0.0943. The highest BCUT2D eigenvalue weighted by atomic mass is 35.5. The number of carbonyl (C=O) groups is 1. The van der Waals surface area contributed by atoms with Gasteiger partial charge in [0.2, 0.25) is 0 Å². The fourth-order valence-corrected chi connectivity index (χ4v) is 2.19. The van der Waals surface area contributed by atoms with Crippen LogP contribution in [0.25, 0.3) is 0 Å². The molecule has 0 fully saturated rings. The van der Waals surface area contributed by atoms with E-state index < -0.39 is 0 Å². The first-order valence-corrected chi connectivity index (χ1v) is 7.72. The van der Waals surface area contributed by atoms with Gasteiger partial charge in [-0.15, -0.1) is 0 Å². The van der Waals surface area contributed by atoms with Crippen LogP contribution in [0.4, 0.5) is 0 Å². The highest BCUT2D eigenvalue weighted by Crippen LogP contribution is 2.23. The van der Waals surface area contributed by atoms with Gasteiger partial charge in [-0.2, -0.15) is 0 Å². The van der Waals surface area contributed by atoms with E-state index in [2.05, 4.69) is 10.3 Å². The number of aromatic nitrogens is 1. The van der Waals surface area contributed by atoms with Crippen LogP contribution in [0.2, 0.25) is 5.15 Å². The summed E-state index contributed by atoms with van der Waals surface area (Å²) < 4.78 is 0. The van der Waals surface area contributed by atoms with Crippen molar-refractivity contribution in [2.24, 2.45) is 5.92 Å². The van der Waals surface area contributed by atoms with Gasteiger partial charge in [0, 0.05) is 29.8 Å². The summed E-state index contributed by atoms with van der Waals surface area (Å²) >= 11 is 6.02. The smallest absolute Gasteiger partial charge is 0.251 e. The predicted molar refractivity (Wildman–Crippen MR) is 85.8 cm³/mol. The standard InChI is InChI=1S/C16H25ClN2O2/c1-5-11(6-7-20)10-18-15(21)12-8-13(16(2,3)4)19-14(17)9-12/h8-9,11,20H,5-7,10H2,1-4H3,(H,18,21). The lowest BCUT2D eigenvalue weighted by Gasteiger charge is -2.19. The van der Waals surface area contributed by atoms with Crippen molar-refractivity contribution in [3.63, 3.8) is 0 Å². The summed E-state index contributed by atoms with van der Waals surface area (Å²) in [5, 5.41) is 12.2. The zero-order chi connectivity index (χ0) is 16.0. The SMILES string of the molecule is CCC(CCO)CNC(=O)c1cc(Cl)nc(C(C)(C)C)c1.